The molecule has 1 aromatic heterocycles. The van der Waals surface area contributed by atoms with Gasteiger partial charge in [0.15, 0.2) is 0 Å². The number of nitrogens with two attached hydrogens (primary N) is 1. The first-order valence-corrected chi connectivity index (χ1v) is 8.35. The summed E-state index contributed by atoms with van der Waals surface area (Å²) in [5.74, 6) is -0.563. The van der Waals surface area contributed by atoms with Crippen LogP contribution in [0.4, 0.5) is 33.5 Å². The van der Waals surface area contributed by atoms with Crippen LogP contribution in [0.5, 0.6) is 0 Å². The number of rotatable bonds is 8. The quantitative estimate of drug-likeness (QED) is 0.212. The molecule has 0 radical (unpaired) electrons. The average molecular weight is 419 g/mol. The second-order valence-electron chi connectivity index (χ2n) is 5.60. The third-order valence-corrected chi connectivity index (χ3v) is 3.69. The van der Waals surface area contributed by atoms with Gasteiger partial charge in [-0.3, -0.25) is 25.5 Å². The van der Waals surface area contributed by atoms with Gasteiger partial charge in [-0.15, -0.1) is 0 Å². The summed E-state index contributed by atoms with van der Waals surface area (Å²) in [6.45, 7) is 1.49. The van der Waals surface area contributed by atoms with Gasteiger partial charge in [-0.25, -0.2) is 9.78 Å². The number of carbonyl (C=O) groups excluding carboxylic acids is 1. The number of nitrogens with zero attached hydrogens (tertiary/aromatic N) is 4. The van der Waals surface area contributed by atoms with Crippen molar-refractivity contribution >= 4 is 40.5 Å². The molecule has 0 unspecified atom stereocenters. The SMILES string of the molecule is CCOC(=O)Nc1cc(NC/C(=N\O)c2ccc([N+](=O)[O-])cc2)c([N+](=O)[O-])c(N)n1. The molecule has 2 rings (SSSR count). The van der Waals surface area contributed by atoms with Crippen molar-refractivity contribution < 1.29 is 24.6 Å². The summed E-state index contributed by atoms with van der Waals surface area (Å²) < 4.78 is 4.72. The van der Waals surface area contributed by atoms with Crippen molar-refractivity contribution in [3.05, 3.63) is 56.1 Å². The first kappa shape index (κ1) is 21.8. The molecule has 0 bridgehead atoms. The Bertz CT molecular complexity index is 992. The minimum atomic E-state index is -0.826. The first-order chi connectivity index (χ1) is 14.3. The van der Waals surface area contributed by atoms with Gasteiger partial charge in [0.1, 0.15) is 17.2 Å². The standard InChI is InChI=1S/C16H17N7O7/c1-2-30-16(24)20-13-7-11(14(23(28)29)15(17)19-13)18-8-12(21-25)9-3-5-10(6-4-9)22(26)27/h3-7,25H,2,8H2,1H3,(H4,17,18,19,20,24)/b21-12+. The lowest BCUT2D eigenvalue weighted by molar-refractivity contribution is -0.384. The number of benzene rings is 1. The van der Waals surface area contributed by atoms with E-state index in [1.807, 2.05) is 0 Å². The number of anilines is 3. The predicted molar refractivity (Wildman–Crippen MR) is 106 cm³/mol. The van der Waals surface area contributed by atoms with E-state index in [0.717, 1.165) is 6.07 Å². The average Bonchev–Trinajstić information content (AvgIpc) is 2.68. The Kier molecular flexibility index (Phi) is 7.00. The lowest BCUT2D eigenvalue weighted by atomic mass is 10.1. The molecule has 0 spiro atoms. The number of oxime groups is 1. The summed E-state index contributed by atoms with van der Waals surface area (Å²) >= 11 is 0. The zero-order valence-electron chi connectivity index (χ0n) is 15.6. The lowest BCUT2D eigenvalue weighted by Gasteiger charge is -2.12. The molecule has 0 atom stereocenters. The number of pyridine rings is 1. The van der Waals surface area contributed by atoms with Gasteiger partial charge in [0, 0.05) is 23.8 Å². The van der Waals surface area contributed by atoms with Gasteiger partial charge in [0.05, 0.1) is 23.0 Å². The number of aromatic nitrogens is 1. The molecule has 0 aliphatic heterocycles. The summed E-state index contributed by atoms with van der Waals surface area (Å²) in [4.78, 5) is 36.1. The highest BCUT2D eigenvalue weighted by Gasteiger charge is 2.22. The summed E-state index contributed by atoms with van der Waals surface area (Å²) in [7, 11) is 0. The van der Waals surface area contributed by atoms with Crippen molar-refractivity contribution in [3.63, 3.8) is 0 Å². The molecule has 5 N–H and O–H groups in total. The molecule has 14 nitrogen and oxygen atoms in total. The van der Waals surface area contributed by atoms with Crippen LogP contribution < -0.4 is 16.4 Å². The Morgan fingerprint density at radius 3 is 2.47 bits per heavy atom. The van der Waals surface area contributed by atoms with Crippen LogP contribution in [0.3, 0.4) is 0 Å². The summed E-state index contributed by atoms with van der Waals surface area (Å²) in [5.41, 5.74) is 5.20. The molecule has 2 aromatic rings. The summed E-state index contributed by atoms with van der Waals surface area (Å²) in [6.07, 6.45) is -0.826. The van der Waals surface area contributed by atoms with E-state index < -0.39 is 27.4 Å². The molecule has 0 aliphatic rings. The Morgan fingerprint density at radius 1 is 1.27 bits per heavy atom. The van der Waals surface area contributed by atoms with Crippen molar-refractivity contribution in [1.29, 1.82) is 0 Å². The maximum atomic E-state index is 11.6. The fourth-order valence-electron chi connectivity index (χ4n) is 2.37. The van der Waals surface area contributed by atoms with E-state index in [2.05, 4.69) is 20.8 Å². The molecule has 14 heteroatoms. The number of hydrogen-bond donors (Lipinski definition) is 4. The number of non-ortho nitro benzene ring substituents is 1. The number of nitro benzene ring substituents is 1. The van der Waals surface area contributed by atoms with Crippen LogP contribution in [0, 0.1) is 20.2 Å². The highest BCUT2D eigenvalue weighted by molar-refractivity contribution is 6.03. The van der Waals surface area contributed by atoms with Crippen LogP contribution >= 0.6 is 0 Å². The van der Waals surface area contributed by atoms with Gasteiger partial charge in [-0.1, -0.05) is 5.16 Å². The van der Waals surface area contributed by atoms with E-state index in [4.69, 9.17) is 10.5 Å². The zero-order chi connectivity index (χ0) is 22.3. The van der Waals surface area contributed by atoms with Crippen LogP contribution in [0.15, 0.2) is 35.5 Å². The number of carbonyl (C=O) groups is 1. The minimum absolute atomic E-state index is 0.0366. The van der Waals surface area contributed by atoms with E-state index in [9.17, 15) is 30.2 Å². The van der Waals surface area contributed by atoms with E-state index in [0.29, 0.717) is 5.56 Å². The number of hydrogen-bond acceptors (Lipinski definition) is 11. The van der Waals surface area contributed by atoms with Gasteiger partial charge < -0.3 is 21.0 Å². The highest BCUT2D eigenvalue weighted by atomic mass is 16.6. The monoisotopic (exact) mass is 419 g/mol. The van der Waals surface area contributed by atoms with Gasteiger partial charge in [0.2, 0.25) is 5.82 Å². The third kappa shape index (κ3) is 5.28. The molecular weight excluding hydrogens is 402 g/mol. The minimum Gasteiger partial charge on any atom is -0.450 e. The molecule has 1 heterocycles. The fourth-order valence-corrected chi connectivity index (χ4v) is 2.37. The second-order valence-corrected chi connectivity index (χ2v) is 5.60. The Hall–Kier alpha value is -4.49. The van der Waals surface area contributed by atoms with Crippen LogP contribution in [-0.2, 0) is 4.74 Å². The Morgan fingerprint density at radius 2 is 1.93 bits per heavy atom. The lowest BCUT2D eigenvalue weighted by Crippen LogP contribution is -2.18. The van der Waals surface area contributed by atoms with Gasteiger partial charge in [-0.05, 0) is 19.1 Å². The van der Waals surface area contributed by atoms with Crippen LogP contribution in [0.25, 0.3) is 0 Å². The second kappa shape index (κ2) is 9.63. The number of nitrogens with one attached hydrogen (secondary N) is 2. The zero-order valence-corrected chi connectivity index (χ0v) is 15.6. The highest BCUT2D eigenvalue weighted by Crippen LogP contribution is 2.32. The normalized spacial score (nSPS) is 10.9. The van der Waals surface area contributed by atoms with Crippen molar-refractivity contribution in [2.24, 2.45) is 5.16 Å². The van der Waals surface area contributed by atoms with E-state index in [1.54, 1.807) is 6.92 Å². The number of ether oxygens (including phenoxy) is 1. The molecule has 0 aliphatic carbocycles. The molecule has 158 valence electrons. The van der Waals surface area contributed by atoms with Crippen molar-refractivity contribution in [2.45, 2.75) is 6.92 Å². The van der Waals surface area contributed by atoms with Crippen LogP contribution in [0.2, 0.25) is 0 Å². The van der Waals surface area contributed by atoms with Crippen molar-refractivity contribution in [3.8, 4) is 0 Å². The van der Waals surface area contributed by atoms with Crippen LogP contribution in [0.1, 0.15) is 12.5 Å². The first-order valence-electron chi connectivity index (χ1n) is 8.35. The van der Waals surface area contributed by atoms with Crippen molar-refractivity contribution in [1.82, 2.24) is 4.98 Å². The molecule has 0 saturated heterocycles. The molecular formula is C16H17N7O7. The maximum Gasteiger partial charge on any atom is 0.412 e. The van der Waals surface area contributed by atoms with E-state index in [1.165, 1.54) is 24.3 Å². The van der Waals surface area contributed by atoms with Crippen LogP contribution in [-0.4, -0.2) is 45.0 Å². The third-order valence-electron chi connectivity index (χ3n) is 3.69. The smallest absolute Gasteiger partial charge is 0.412 e. The Balaban J connectivity index is 2.28. The van der Waals surface area contributed by atoms with Gasteiger partial charge in [-0.2, -0.15) is 0 Å². The molecule has 1 amide bonds. The molecule has 30 heavy (non-hydrogen) atoms. The van der Waals surface area contributed by atoms with E-state index in [-0.39, 0.29) is 36.1 Å². The van der Waals surface area contributed by atoms with Gasteiger partial charge in [0.25, 0.3) is 5.69 Å². The topological polar surface area (TPSA) is 208 Å². The summed E-state index contributed by atoms with van der Waals surface area (Å²) in [5, 5.41) is 39.5. The van der Waals surface area contributed by atoms with Gasteiger partial charge >= 0.3 is 11.8 Å². The molecule has 0 fully saturated rings. The Labute approximate surface area is 168 Å². The summed E-state index contributed by atoms with van der Waals surface area (Å²) in [6, 6.07) is 6.32. The maximum absolute atomic E-state index is 11.6. The largest absolute Gasteiger partial charge is 0.450 e. The van der Waals surface area contributed by atoms with Crippen molar-refractivity contribution in [2.75, 3.05) is 29.5 Å². The number of amides is 1. The number of nitrogen functional groups attached to an aromatic ring is 1. The fraction of sp³-hybridized carbons (Fsp3) is 0.188. The predicted octanol–water partition coefficient (Wildman–Crippen LogP) is 2.34. The molecule has 0 saturated carbocycles. The van der Waals surface area contributed by atoms with E-state index >= 15 is 0 Å². The molecule has 1 aromatic carbocycles. The number of nitro groups is 2.